The summed E-state index contributed by atoms with van der Waals surface area (Å²) in [5.41, 5.74) is -0.322. The van der Waals surface area contributed by atoms with Crippen LogP contribution in [0.25, 0.3) is 0 Å². The molecular weight excluding hydrogens is 312 g/mol. The van der Waals surface area contributed by atoms with Crippen molar-refractivity contribution in [2.75, 3.05) is 17.7 Å². The maximum Gasteiger partial charge on any atom is 0.339 e. The van der Waals surface area contributed by atoms with Gasteiger partial charge in [-0.3, -0.25) is 9.59 Å². The summed E-state index contributed by atoms with van der Waals surface area (Å²) < 4.78 is 9.88. The van der Waals surface area contributed by atoms with E-state index >= 15 is 0 Å². The van der Waals surface area contributed by atoms with Crippen molar-refractivity contribution in [3.63, 3.8) is 0 Å². The lowest BCUT2D eigenvalue weighted by atomic mass is 10.1. The highest BCUT2D eigenvalue weighted by molar-refractivity contribution is 5.97. The van der Waals surface area contributed by atoms with Crippen LogP contribution in [0.4, 0.5) is 17.1 Å². The number of carbonyl (C=O) groups excluding carboxylic acids is 1. The van der Waals surface area contributed by atoms with Crippen molar-refractivity contribution in [2.24, 2.45) is 0 Å². The van der Waals surface area contributed by atoms with Gasteiger partial charge in [0.1, 0.15) is 17.1 Å². The van der Waals surface area contributed by atoms with Crippen LogP contribution in [0.3, 0.4) is 0 Å². The Hall–Kier alpha value is -3.35. The molecule has 24 heavy (non-hydrogen) atoms. The third-order valence-corrected chi connectivity index (χ3v) is 3.52. The Morgan fingerprint density at radius 1 is 1.08 bits per heavy atom. The van der Waals surface area contributed by atoms with E-state index in [1.54, 1.807) is 36.4 Å². The topological polar surface area (TPSA) is 97.6 Å². The Kier molecular flexibility index (Phi) is 4.15. The van der Waals surface area contributed by atoms with Gasteiger partial charge in [0, 0.05) is 0 Å². The molecule has 0 atom stereocenters. The van der Waals surface area contributed by atoms with Crippen LogP contribution in [0, 0.1) is 0 Å². The molecule has 0 amide bonds. The molecule has 0 radical (unpaired) electrons. The summed E-state index contributed by atoms with van der Waals surface area (Å²) in [5, 5.41) is 5.71. The summed E-state index contributed by atoms with van der Waals surface area (Å²) in [4.78, 5) is 35.4. The second-order valence-electron chi connectivity index (χ2n) is 5.00. The van der Waals surface area contributed by atoms with Crippen LogP contribution in [0.15, 0.2) is 56.7 Å². The zero-order chi connectivity index (χ0) is 17.1. The number of benzene rings is 1. The van der Waals surface area contributed by atoms with Crippen LogP contribution in [0.1, 0.15) is 16.1 Å². The lowest BCUT2D eigenvalue weighted by Crippen LogP contribution is -2.36. The Bertz CT molecular complexity index is 936. The first-order valence-corrected chi connectivity index (χ1v) is 7.15. The first kappa shape index (κ1) is 15.5. The number of para-hydroxylation sites is 1. The minimum Gasteiger partial charge on any atom is -0.467 e. The number of nitrogens with one attached hydrogen (secondary N) is 2. The number of methoxy groups -OCH3 is 1. The van der Waals surface area contributed by atoms with Crippen molar-refractivity contribution in [3.8, 4) is 0 Å². The van der Waals surface area contributed by atoms with Gasteiger partial charge in [-0.25, -0.2) is 4.79 Å². The number of furan rings is 1. The Balaban J connectivity index is 1.84. The minimum atomic E-state index is -0.642. The predicted octanol–water partition coefficient (Wildman–Crippen LogP) is 2.02. The molecule has 0 aliphatic rings. The highest BCUT2D eigenvalue weighted by atomic mass is 16.5. The molecule has 0 fully saturated rings. The number of ether oxygens (including phenoxy) is 1. The maximum atomic E-state index is 11.8. The van der Waals surface area contributed by atoms with E-state index < -0.39 is 16.8 Å². The summed E-state index contributed by atoms with van der Waals surface area (Å²) in [5.74, 6) is 0.0888. The van der Waals surface area contributed by atoms with E-state index in [0.29, 0.717) is 11.4 Å². The molecule has 0 aliphatic carbocycles. The first-order valence-electron chi connectivity index (χ1n) is 7.15. The van der Waals surface area contributed by atoms with Crippen LogP contribution in [-0.4, -0.2) is 13.1 Å². The van der Waals surface area contributed by atoms with Gasteiger partial charge in [0.15, 0.2) is 0 Å². The molecule has 3 rings (SSSR count). The van der Waals surface area contributed by atoms with E-state index in [1.165, 1.54) is 13.4 Å². The third kappa shape index (κ3) is 2.79. The van der Waals surface area contributed by atoms with Crippen LogP contribution in [-0.2, 0) is 11.3 Å². The Labute approximate surface area is 136 Å². The van der Waals surface area contributed by atoms with Crippen LogP contribution in [0.2, 0.25) is 0 Å². The van der Waals surface area contributed by atoms with Crippen molar-refractivity contribution in [3.05, 3.63) is 74.4 Å². The van der Waals surface area contributed by atoms with E-state index in [2.05, 4.69) is 10.6 Å². The van der Waals surface area contributed by atoms with Gasteiger partial charge in [-0.2, -0.15) is 0 Å². The molecule has 7 heteroatoms. The van der Waals surface area contributed by atoms with Gasteiger partial charge in [0.25, 0.3) is 10.9 Å². The van der Waals surface area contributed by atoms with E-state index in [-0.39, 0.29) is 23.5 Å². The van der Waals surface area contributed by atoms with E-state index in [9.17, 15) is 14.4 Å². The molecule has 0 aliphatic heterocycles. The summed E-state index contributed by atoms with van der Waals surface area (Å²) >= 11 is 0. The molecule has 7 nitrogen and oxygen atoms in total. The SMILES string of the molecule is COC(=O)c1ccccc1Nc1c(NCc2ccco2)c(=O)c1=O. The average molecular weight is 326 g/mol. The molecule has 1 heterocycles. The van der Waals surface area contributed by atoms with Crippen molar-refractivity contribution < 1.29 is 13.9 Å². The van der Waals surface area contributed by atoms with Crippen LogP contribution < -0.4 is 21.5 Å². The number of rotatable bonds is 6. The highest BCUT2D eigenvalue weighted by Crippen LogP contribution is 2.24. The number of esters is 1. The lowest BCUT2D eigenvalue weighted by Gasteiger charge is -2.16. The third-order valence-electron chi connectivity index (χ3n) is 3.52. The van der Waals surface area contributed by atoms with Gasteiger partial charge in [-0.15, -0.1) is 0 Å². The van der Waals surface area contributed by atoms with Gasteiger partial charge in [-0.1, -0.05) is 12.1 Å². The fourth-order valence-corrected chi connectivity index (χ4v) is 2.28. The zero-order valence-electron chi connectivity index (χ0n) is 12.8. The van der Waals surface area contributed by atoms with Gasteiger partial charge in [0.2, 0.25) is 0 Å². The molecule has 0 unspecified atom stereocenters. The fraction of sp³-hybridized carbons (Fsp3) is 0.118. The quantitative estimate of drug-likeness (QED) is 0.528. The van der Waals surface area contributed by atoms with Gasteiger partial charge >= 0.3 is 5.97 Å². The van der Waals surface area contributed by atoms with Gasteiger partial charge in [-0.05, 0) is 24.3 Å². The molecule has 0 saturated carbocycles. The number of anilines is 3. The molecule has 122 valence electrons. The molecule has 2 N–H and O–H groups in total. The molecule has 0 bridgehead atoms. The van der Waals surface area contributed by atoms with E-state index in [0.717, 1.165) is 0 Å². The first-order chi connectivity index (χ1) is 11.6. The standard InChI is InChI=1S/C17H14N2O5/c1-23-17(22)11-6-2-3-7-12(11)19-14-13(15(20)16(14)21)18-9-10-5-4-8-24-10/h2-8,18-19H,9H2,1H3. The zero-order valence-corrected chi connectivity index (χ0v) is 12.8. The number of hydrogen-bond donors (Lipinski definition) is 2. The lowest BCUT2D eigenvalue weighted by molar-refractivity contribution is 0.0602. The van der Waals surface area contributed by atoms with Crippen molar-refractivity contribution >= 4 is 23.0 Å². The van der Waals surface area contributed by atoms with E-state index in [4.69, 9.17) is 9.15 Å². The summed E-state index contributed by atoms with van der Waals surface area (Å²) in [7, 11) is 1.27. The summed E-state index contributed by atoms with van der Waals surface area (Å²) in [6.45, 7) is 0.269. The predicted molar refractivity (Wildman–Crippen MR) is 88.5 cm³/mol. The largest absolute Gasteiger partial charge is 0.467 e. The Morgan fingerprint density at radius 3 is 2.54 bits per heavy atom. The molecule has 3 aromatic rings. The average Bonchev–Trinajstić information content (AvgIpc) is 3.13. The maximum absolute atomic E-state index is 11.8. The molecule has 0 spiro atoms. The van der Waals surface area contributed by atoms with Crippen LogP contribution in [0.5, 0.6) is 0 Å². The molecule has 1 aromatic heterocycles. The van der Waals surface area contributed by atoms with Crippen molar-refractivity contribution in [1.82, 2.24) is 0 Å². The minimum absolute atomic E-state index is 0.114. The highest BCUT2D eigenvalue weighted by Gasteiger charge is 2.22. The van der Waals surface area contributed by atoms with Crippen molar-refractivity contribution in [1.29, 1.82) is 0 Å². The van der Waals surface area contributed by atoms with Gasteiger partial charge in [0.05, 0.1) is 31.2 Å². The second kappa shape index (κ2) is 6.41. The second-order valence-corrected chi connectivity index (χ2v) is 5.00. The molecule has 0 saturated heterocycles. The van der Waals surface area contributed by atoms with Gasteiger partial charge < -0.3 is 19.8 Å². The fourth-order valence-electron chi connectivity index (χ4n) is 2.28. The van der Waals surface area contributed by atoms with Crippen molar-refractivity contribution in [2.45, 2.75) is 6.54 Å². The smallest absolute Gasteiger partial charge is 0.339 e. The summed E-state index contributed by atoms with van der Waals surface area (Å²) in [6.07, 6.45) is 1.52. The summed E-state index contributed by atoms with van der Waals surface area (Å²) in [6, 6.07) is 10.0. The number of carbonyl (C=O) groups is 1. The Morgan fingerprint density at radius 2 is 1.83 bits per heavy atom. The normalized spacial score (nSPS) is 10.5. The molecular formula is C17H14N2O5. The monoisotopic (exact) mass is 326 g/mol. The molecule has 2 aromatic carbocycles. The number of hydrogen-bond acceptors (Lipinski definition) is 7. The van der Waals surface area contributed by atoms with Crippen LogP contribution >= 0.6 is 0 Å². The van der Waals surface area contributed by atoms with E-state index in [1.807, 2.05) is 0 Å².